The van der Waals surface area contributed by atoms with E-state index >= 15 is 0 Å². The van der Waals surface area contributed by atoms with Gasteiger partial charge in [0.2, 0.25) is 0 Å². The number of benzene rings is 1. The molecule has 70 valence electrons. The van der Waals surface area contributed by atoms with Crippen LogP contribution in [0.3, 0.4) is 0 Å². The highest BCUT2D eigenvalue weighted by molar-refractivity contribution is 5.97. The van der Waals surface area contributed by atoms with Crippen LogP contribution in [-0.4, -0.2) is 16.0 Å². The lowest BCUT2D eigenvalue weighted by Crippen LogP contribution is -2.02. The highest BCUT2D eigenvalue weighted by Gasteiger charge is 2.06. The number of H-pyrrole nitrogens is 1. The molecule has 1 heterocycles. The number of nitrogens with one attached hydrogen (secondary N) is 1. The summed E-state index contributed by atoms with van der Waals surface area (Å²) >= 11 is 0. The van der Waals surface area contributed by atoms with Gasteiger partial charge in [-0.15, -0.1) is 0 Å². The Morgan fingerprint density at radius 2 is 2.07 bits per heavy atom. The Kier molecular flexibility index (Phi) is 2.40. The number of aromatic nitrogens is 2. The molecular weight excluding hydrogens is 176 g/mol. The van der Waals surface area contributed by atoms with Crippen molar-refractivity contribution in [3.05, 3.63) is 53.9 Å². The van der Waals surface area contributed by atoms with Gasteiger partial charge in [0, 0.05) is 18.2 Å². The van der Waals surface area contributed by atoms with Crippen molar-refractivity contribution in [1.82, 2.24) is 10.2 Å². The minimum atomic E-state index is 0.118. The number of Topliss-reactive ketones (excluding diaryl/α,β-unsaturated/α-hetero) is 1. The second-order valence-corrected chi connectivity index (χ2v) is 3.07. The largest absolute Gasteiger partial charge is 0.294 e. The number of rotatable bonds is 3. The summed E-state index contributed by atoms with van der Waals surface area (Å²) in [6.45, 7) is 0. The number of carbonyl (C=O) groups excluding carboxylic acids is 1. The molecule has 0 atom stereocenters. The summed E-state index contributed by atoms with van der Waals surface area (Å²) in [5.41, 5.74) is 1.66. The average Bonchev–Trinajstić information content (AvgIpc) is 2.72. The van der Waals surface area contributed by atoms with Gasteiger partial charge in [0.25, 0.3) is 0 Å². The highest BCUT2D eigenvalue weighted by atomic mass is 16.1. The van der Waals surface area contributed by atoms with Gasteiger partial charge in [0.05, 0.1) is 6.20 Å². The van der Waals surface area contributed by atoms with Crippen molar-refractivity contribution in [2.24, 2.45) is 0 Å². The number of ketones is 1. The molecule has 14 heavy (non-hydrogen) atoms. The molecule has 0 radical (unpaired) electrons. The zero-order chi connectivity index (χ0) is 9.80. The second kappa shape index (κ2) is 3.87. The van der Waals surface area contributed by atoms with Gasteiger partial charge in [-0.3, -0.25) is 9.89 Å². The van der Waals surface area contributed by atoms with Crippen LogP contribution in [0.25, 0.3) is 0 Å². The van der Waals surface area contributed by atoms with E-state index in [1.54, 1.807) is 12.4 Å². The molecule has 0 aliphatic carbocycles. The molecule has 0 unspecified atom stereocenters. The quantitative estimate of drug-likeness (QED) is 0.743. The lowest BCUT2D eigenvalue weighted by molar-refractivity contribution is 0.0993. The number of aromatic amines is 1. The van der Waals surface area contributed by atoms with Crippen LogP contribution in [0.5, 0.6) is 0 Å². The van der Waals surface area contributed by atoms with Gasteiger partial charge in [-0.25, -0.2) is 0 Å². The Hall–Kier alpha value is -1.90. The molecule has 0 bridgehead atoms. The summed E-state index contributed by atoms with van der Waals surface area (Å²) < 4.78 is 0. The van der Waals surface area contributed by atoms with Crippen LogP contribution in [0.15, 0.2) is 42.7 Å². The predicted octanol–water partition coefficient (Wildman–Crippen LogP) is 1.84. The molecule has 0 fully saturated rings. The zero-order valence-corrected chi connectivity index (χ0v) is 7.60. The van der Waals surface area contributed by atoms with E-state index in [4.69, 9.17) is 0 Å². The molecule has 0 saturated carbocycles. The molecule has 0 amide bonds. The Morgan fingerprint density at radius 3 is 2.71 bits per heavy atom. The van der Waals surface area contributed by atoms with Crippen molar-refractivity contribution in [3.63, 3.8) is 0 Å². The summed E-state index contributed by atoms with van der Waals surface area (Å²) in [5.74, 6) is 0.118. The highest BCUT2D eigenvalue weighted by Crippen LogP contribution is 2.05. The number of hydrogen-bond acceptors (Lipinski definition) is 2. The van der Waals surface area contributed by atoms with Gasteiger partial charge in [-0.2, -0.15) is 5.10 Å². The maximum atomic E-state index is 11.7. The second-order valence-electron chi connectivity index (χ2n) is 3.07. The van der Waals surface area contributed by atoms with Gasteiger partial charge in [0.15, 0.2) is 5.78 Å². The Labute approximate surface area is 81.8 Å². The maximum Gasteiger partial charge on any atom is 0.167 e. The van der Waals surface area contributed by atoms with Crippen LogP contribution < -0.4 is 0 Å². The molecular formula is C11H10N2O. The van der Waals surface area contributed by atoms with Crippen LogP contribution >= 0.6 is 0 Å². The topological polar surface area (TPSA) is 45.8 Å². The van der Waals surface area contributed by atoms with Crippen molar-refractivity contribution in [2.75, 3.05) is 0 Å². The molecule has 0 saturated heterocycles. The van der Waals surface area contributed by atoms with Crippen LogP contribution in [0, 0.1) is 0 Å². The monoisotopic (exact) mass is 186 g/mol. The standard InChI is InChI=1S/C11H10N2O/c14-11(6-9-7-12-13-8-9)10-4-2-1-3-5-10/h1-5,7-8H,6H2,(H,12,13). The third-order valence-corrected chi connectivity index (χ3v) is 2.02. The van der Waals surface area contributed by atoms with Gasteiger partial charge in [-0.1, -0.05) is 30.3 Å². The van der Waals surface area contributed by atoms with Crippen LogP contribution in [0.2, 0.25) is 0 Å². The van der Waals surface area contributed by atoms with Gasteiger partial charge >= 0.3 is 0 Å². The molecule has 2 aromatic rings. The Bertz CT molecular complexity index is 406. The lowest BCUT2D eigenvalue weighted by atomic mass is 10.1. The Balaban J connectivity index is 2.11. The summed E-state index contributed by atoms with van der Waals surface area (Å²) in [5, 5.41) is 6.48. The molecule has 3 nitrogen and oxygen atoms in total. The fourth-order valence-electron chi connectivity index (χ4n) is 1.29. The normalized spacial score (nSPS) is 10.0. The third kappa shape index (κ3) is 1.88. The van der Waals surface area contributed by atoms with E-state index in [2.05, 4.69) is 10.2 Å². The van der Waals surface area contributed by atoms with E-state index in [1.807, 2.05) is 30.3 Å². The predicted molar refractivity (Wildman–Crippen MR) is 53.1 cm³/mol. The first-order valence-corrected chi connectivity index (χ1v) is 4.42. The first-order chi connectivity index (χ1) is 6.86. The molecule has 3 heteroatoms. The van der Waals surface area contributed by atoms with E-state index < -0.39 is 0 Å². The van der Waals surface area contributed by atoms with Crippen molar-refractivity contribution in [2.45, 2.75) is 6.42 Å². The summed E-state index contributed by atoms with van der Waals surface area (Å²) in [6, 6.07) is 9.27. The first-order valence-electron chi connectivity index (χ1n) is 4.42. The summed E-state index contributed by atoms with van der Waals surface area (Å²) in [4.78, 5) is 11.7. The molecule has 1 aromatic carbocycles. The molecule has 1 aromatic heterocycles. The summed E-state index contributed by atoms with van der Waals surface area (Å²) in [7, 11) is 0. The van der Waals surface area contributed by atoms with Crippen LogP contribution in [0.1, 0.15) is 15.9 Å². The number of nitrogens with zero attached hydrogens (tertiary/aromatic N) is 1. The minimum absolute atomic E-state index is 0.118. The van der Waals surface area contributed by atoms with E-state index in [0.717, 1.165) is 11.1 Å². The SMILES string of the molecule is O=C(Cc1cn[nH]c1)c1ccccc1. The van der Waals surface area contributed by atoms with E-state index in [0.29, 0.717) is 6.42 Å². The van der Waals surface area contributed by atoms with Crippen molar-refractivity contribution >= 4 is 5.78 Å². The number of carbonyl (C=O) groups is 1. The van der Waals surface area contributed by atoms with Crippen molar-refractivity contribution < 1.29 is 4.79 Å². The summed E-state index contributed by atoms with van der Waals surface area (Å²) in [6.07, 6.45) is 3.81. The molecule has 0 spiro atoms. The van der Waals surface area contributed by atoms with Crippen molar-refractivity contribution in [3.8, 4) is 0 Å². The Morgan fingerprint density at radius 1 is 1.29 bits per heavy atom. The van der Waals surface area contributed by atoms with E-state index in [-0.39, 0.29) is 5.78 Å². The fourth-order valence-corrected chi connectivity index (χ4v) is 1.29. The van der Waals surface area contributed by atoms with Gasteiger partial charge in [0.1, 0.15) is 0 Å². The fraction of sp³-hybridized carbons (Fsp3) is 0.0909. The minimum Gasteiger partial charge on any atom is -0.294 e. The molecule has 1 N–H and O–H groups in total. The van der Waals surface area contributed by atoms with Crippen LogP contribution in [-0.2, 0) is 6.42 Å². The van der Waals surface area contributed by atoms with E-state index in [1.165, 1.54) is 0 Å². The number of hydrogen-bond donors (Lipinski definition) is 1. The lowest BCUT2D eigenvalue weighted by Gasteiger charge is -1.97. The maximum absolute atomic E-state index is 11.7. The van der Waals surface area contributed by atoms with E-state index in [9.17, 15) is 4.79 Å². The average molecular weight is 186 g/mol. The van der Waals surface area contributed by atoms with Crippen molar-refractivity contribution in [1.29, 1.82) is 0 Å². The smallest absolute Gasteiger partial charge is 0.167 e. The first kappa shape index (κ1) is 8.69. The zero-order valence-electron chi connectivity index (χ0n) is 7.60. The van der Waals surface area contributed by atoms with Crippen LogP contribution in [0.4, 0.5) is 0 Å². The molecule has 2 rings (SSSR count). The molecule has 0 aliphatic rings. The van der Waals surface area contributed by atoms with Gasteiger partial charge in [-0.05, 0) is 5.56 Å². The van der Waals surface area contributed by atoms with Gasteiger partial charge < -0.3 is 0 Å². The molecule has 0 aliphatic heterocycles. The third-order valence-electron chi connectivity index (χ3n) is 2.02.